The predicted octanol–water partition coefficient (Wildman–Crippen LogP) is 2.00. The van der Waals surface area contributed by atoms with Gasteiger partial charge in [-0.15, -0.1) is 11.3 Å². The number of nitrogens with zero attached hydrogens (tertiary/aromatic N) is 5. The van der Waals surface area contributed by atoms with Gasteiger partial charge in [-0.3, -0.25) is 14.5 Å². The van der Waals surface area contributed by atoms with E-state index < -0.39 is 0 Å². The molecule has 0 unspecified atom stereocenters. The van der Waals surface area contributed by atoms with Crippen molar-refractivity contribution < 1.29 is 4.79 Å². The predicted molar refractivity (Wildman–Crippen MR) is 90.6 cm³/mol. The first kappa shape index (κ1) is 14.8. The van der Waals surface area contributed by atoms with E-state index in [0.717, 1.165) is 28.6 Å². The molecule has 122 valence electrons. The monoisotopic (exact) mass is 340 g/mol. The molecule has 0 aliphatic carbocycles. The molecule has 8 heteroatoms. The molecule has 3 aromatic heterocycles. The molecule has 0 saturated carbocycles. The quantitative estimate of drug-likeness (QED) is 0.786. The van der Waals surface area contributed by atoms with Crippen molar-refractivity contribution in [3.05, 3.63) is 58.4 Å². The highest BCUT2D eigenvalue weighted by molar-refractivity contribution is 7.12. The van der Waals surface area contributed by atoms with E-state index in [0.29, 0.717) is 19.6 Å². The van der Waals surface area contributed by atoms with E-state index >= 15 is 0 Å². The highest BCUT2D eigenvalue weighted by Crippen LogP contribution is 2.19. The van der Waals surface area contributed by atoms with E-state index in [1.165, 1.54) is 11.3 Å². The number of fused-ring (bicyclic) bond motifs is 1. The van der Waals surface area contributed by atoms with Gasteiger partial charge in [-0.1, -0.05) is 6.07 Å². The van der Waals surface area contributed by atoms with Gasteiger partial charge in [-0.05, 0) is 17.5 Å². The largest absolute Gasteiger partial charge is 0.363 e. The highest BCUT2D eigenvalue weighted by Gasteiger charge is 2.23. The summed E-state index contributed by atoms with van der Waals surface area (Å²) in [4.78, 5) is 23.3. The number of carbonyl (C=O) groups excluding carboxylic acids is 1. The molecule has 24 heavy (non-hydrogen) atoms. The van der Waals surface area contributed by atoms with Crippen molar-refractivity contribution in [1.29, 1.82) is 0 Å². The molecule has 4 rings (SSSR count). The van der Waals surface area contributed by atoms with Gasteiger partial charge in [0.25, 0.3) is 5.91 Å². The number of hydrogen-bond donors (Lipinski definition) is 1. The molecule has 1 aliphatic heterocycles. The van der Waals surface area contributed by atoms with Crippen LogP contribution in [0.5, 0.6) is 0 Å². The average Bonchev–Trinajstić information content (AvgIpc) is 3.29. The molecule has 1 N–H and O–H groups in total. The summed E-state index contributed by atoms with van der Waals surface area (Å²) in [6.07, 6.45) is 4.96. The molecule has 1 aliphatic rings. The van der Waals surface area contributed by atoms with Crippen LogP contribution >= 0.6 is 11.3 Å². The Balaban J connectivity index is 1.43. The van der Waals surface area contributed by atoms with Crippen LogP contribution in [0.1, 0.15) is 21.1 Å². The van der Waals surface area contributed by atoms with Crippen LogP contribution in [-0.2, 0) is 19.6 Å². The van der Waals surface area contributed by atoms with Crippen molar-refractivity contribution in [2.75, 3.05) is 11.9 Å². The first-order valence-electron chi connectivity index (χ1n) is 7.68. The van der Waals surface area contributed by atoms with E-state index in [9.17, 15) is 4.79 Å². The Bertz CT molecular complexity index is 830. The number of thiophene rings is 1. The van der Waals surface area contributed by atoms with Gasteiger partial charge in [0.2, 0.25) is 0 Å². The van der Waals surface area contributed by atoms with Gasteiger partial charge in [-0.2, -0.15) is 5.10 Å². The standard InChI is InChI=1S/C16H16N6OS/c23-16(14-2-1-7-24-14)21-5-6-22-13(11-21)8-12(20-22)9-19-15-10-17-3-4-18-15/h1-4,7-8,10H,5-6,9,11H2,(H,18,19). The van der Waals surface area contributed by atoms with Crippen molar-refractivity contribution in [3.8, 4) is 0 Å². The second kappa shape index (κ2) is 6.40. The third-order valence-electron chi connectivity index (χ3n) is 3.88. The lowest BCUT2D eigenvalue weighted by Gasteiger charge is -2.27. The van der Waals surface area contributed by atoms with Gasteiger partial charge in [0, 0.05) is 18.9 Å². The number of aromatic nitrogens is 4. The number of amides is 1. The summed E-state index contributed by atoms with van der Waals surface area (Å²) in [6, 6.07) is 5.81. The fraction of sp³-hybridized carbons (Fsp3) is 0.250. The van der Waals surface area contributed by atoms with E-state index in [1.54, 1.807) is 18.6 Å². The number of hydrogen-bond acceptors (Lipinski definition) is 6. The number of anilines is 1. The zero-order chi connectivity index (χ0) is 16.4. The topological polar surface area (TPSA) is 75.9 Å². The summed E-state index contributed by atoms with van der Waals surface area (Å²) < 4.78 is 1.98. The zero-order valence-corrected chi connectivity index (χ0v) is 13.7. The lowest BCUT2D eigenvalue weighted by molar-refractivity contribution is 0.0711. The minimum absolute atomic E-state index is 0.0942. The van der Waals surface area contributed by atoms with Gasteiger partial charge in [0.15, 0.2) is 0 Å². The number of carbonyl (C=O) groups is 1. The van der Waals surface area contributed by atoms with Crippen LogP contribution in [0.25, 0.3) is 0 Å². The second-order valence-electron chi connectivity index (χ2n) is 5.50. The SMILES string of the molecule is O=C(c1cccs1)N1CCn2nc(CNc3cnccn3)cc2C1. The Labute approximate surface area is 143 Å². The Morgan fingerprint density at radius 1 is 1.33 bits per heavy atom. The van der Waals surface area contributed by atoms with Gasteiger partial charge in [-0.25, -0.2) is 4.98 Å². The molecule has 1 amide bonds. The van der Waals surface area contributed by atoms with E-state index in [1.807, 2.05) is 33.2 Å². The Kier molecular flexibility index (Phi) is 3.96. The molecular formula is C16H16N6OS. The van der Waals surface area contributed by atoms with Crippen molar-refractivity contribution in [2.24, 2.45) is 0 Å². The van der Waals surface area contributed by atoms with E-state index in [4.69, 9.17) is 0 Å². The van der Waals surface area contributed by atoms with Crippen LogP contribution in [0.3, 0.4) is 0 Å². The maximum Gasteiger partial charge on any atom is 0.264 e. The smallest absolute Gasteiger partial charge is 0.264 e. The normalized spacial score (nSPS) is 13.6. The van der Waals surface area contributed by atoms with Crippen molar-refractivity contribution in [3.63, 3.8) is 0 Å². The van der Waals surface area contributed by atoms with Gasteiger partial charge in [0.05, 0.1) is 42.1 Å². The summed E-state index contributed by atoms with van der Waals surface area (Å²) in [5.41, 5.74) is 1.99. The molecule has 4 heterocycles. The average molecular weight is 340 g/mol. The maximum absolute atomic E-state index is 12.5. The Morgan fingerprint density at radius 2 is 2.29 bits per heavy atom. The fourth-order valence-electron chi connectivity index (χ4n) is 2.71. The van der Waals surface area contributed by atoms with E-state index in [-0.39, 0.29) is 5.91 Å². The molecule has 0 radical (unpaired) electrons. The zero-order valence-electron chi connectivity index (χ0n) is 12.9. The minimum Gasteiger partial charge on any atom is -0.363 e. The fourth-order valence-corrected chi connectivity index (χ4v) is 3.40. The summed E-state index contributed by atoms with van der Waals surface area (Å²) in [7, 11) is 0. The summed E-state index contributed by atoms with van der Waals surface area (Å²) in [5, 5.41) is 9.72. The van der Waals surface area contributed by atoms with Crippen molar-refractivity contribution >= 4 is 23.1 Å². The Hall–Kier alpha value is -2.74. The minimum atomic E-state index is 0.0942. The van der Waals surface area contributed by atoms with E-state index in [2.05, 4.69) is 20.4 Å². The van der Waals surface area contributed by atoms with Crippen LogP contribution in [0.2, 0.25) is 0 Å². The number of nitrogens with one attached hydrogen (secondary N) is 1. The second-order valence-corrected chi connectivity index (χ2v) is 6.45. The highest BCUT2D eigenvalue weighted by atomic mass is 32.1. The molecule has 0 saturated heterocycles. The molecule has 0 spiro atoms. The first-order chi connectivity index (χ1) is 11.8. The summed E-state index contributed by atoms with van der Waals surface area (Å²) in [5.74, 6) is 0.814. The van der Waals surface area contributed by atoms with Gasteiger partial charge in [0.1, 0.15) is 5.82 Å². The van der Waals surface area contributed by atoms with Gasteiger partial charge >= 0.3 is 0 Å². The van der Waals surface area contributed by atoms with Crippen LogP contribution in [0.15, 0.2) is 42.2 Å². The molecule has 0 fully saturated rings. The molecule has 7 nitrogen and oxygen atoms in total. The third kappa shape index (κ3) is 3.00. The van der Waals surface area contributed by atoms with Crippen LogP contribution < -0.4 is 5.32 Å². The maximum atomic E-state index is 12.5. The van der Waals surface area contributed by atoms with Crippen LogP contribution in [0.4, 0.5) is 5.82 Å². The lowest BCUT2D eigenvalue weighted by Crippen LogP contribution is -2.38. The Morgan fingerprint density at radius 3 is 3.08 bits per heavy atom. The molecule has 3 aromatic rings. The van der Waals surface area contributed by atoms with Crippen molar-refractivity contribution in [2.45, 2.75) is 19.6 Å². The number of rotatable bonds is 4. The van der Waals surface area contributed by atoms with Crippen molar-refractivity contribution in [1.82, 2.24) is 24.6 Å². The first-order valence-corrected chi connectivity index (χ1v) is 8.56. The molecule has 0 bridgehead atoms. The summed E-state index contributed by atoms with van der Waals surface area (Å²) in [6.45, 7) is 2.58. The van der Waals surface area contributed by atoms with Gasteiger partial charge < -0.3 is 10.2 Å². The lowest BCUT2D eigenvalue weighted by atomic mass is 10.2. The molecule has 0 atom stereocenters. The van der Waals surface area contributed by atoms with Crippen LogP contribution in [0, 0.1) is 0 Å². The molecular weight excluding hydrogens is 324 g/mol. The van der Waals surface area contributed by atoms with Crippen LogP contribution in [-0.4, -0.2) is 37.1 Å². The molecule has 0 aromatic carbocycles. The summed E-state index contributed by atoms with van der Waals surface area (Å²) >= 11 is 1.48. The third-order valence-corrected chi connectivity index (χ3v) is 4.74.